The van der Waals surface area contributed by atoms with Crippen molar-refractivity contribution in [3.63, 3.8) is 0 Å². The lowest BCUT2D eigenvalue weighted by Crippen LogP contribution is -2.54. The van der Waals surface area contributed by atoms with Crippen LogP contribution in [0.25, 0.3) is 0 Å². The molecular weight excluding hydrogens is 481 g/mol. The van der Waals surface area contributed by atoms with Crippen molar-refractivity contribution in [3.05, 3.63) is 54.4 Å². The quantitative estimate of drug-likeness (QED) is 0.374. The Bertz CT molecular complexity index is 778. The molecule has 1 fully saturated rings. The Balaban J connectivity index is 0.00000300. The lowest BCUT2D eigenvalue weighted by molar-refractivity contribution is -0.127. The second-order valence-corrected chi connectivity index (χ2v) is 6.79. The summed E-state index contributed by atoms with van der Waals surface area (Å²) in [5, 5.41) is 3.23. The van der Waals surface area contributed by atoms with Crippen LogP contribution in [-0.2, 0) is 11.3 Å². The van der Waals surface area contributed by atoms with Gasteiger partial charge in [0.15, 0.2) is 5.96 Å². The molecule has 8 nitrogen and oxygen atoms in total. The average molecular weight is 509 g/mol. The molecule has 0 saturated carbocycles. The number of benzene rings is 1. The predicted octanol–water partition coefficient (Wildman–Crippen LogP) is 1.45. The number of aromatic nitrogens is 2. The second-order valence-electron chi connectivity index (χ2n) is 6.79. The van der Waals surface area contributed by atoms with Crippen LogP contribution in [-0.4, -0.2) is 78.5 Å². The van der Waals surface area contributed by atoms with Gasteiger partial charge in [0.25, 0.3) is 0 Å². The van der Waals surface area contributed by atoms with Gasteiger partial charge in [-0.2, -0.15) is 0 Å². The number of likely N-dealkylation sites (N-methyl/N-ethyl adjacent to an activating group) is 1. The fourth-order valence-electron chi connectivity index (χ4n) is 2.90. The van der Waals surface area contributed by atoms with Gasteiger partial charge in [0.2, 0.25) is 11.9 Å². The summed E-state index contributed by atoms with van der Waals surface area (Å²) >= 11 is 0. The Labute approximate surface area is 189 Å². The van der Waals surface area contributed by atoms with E-state index in [4.69, 9.17) is 4.99 Å². The number of anilines is 1. The van der Waals surface area contributed by atoms with Gasteiger partial charge in [-0.05, 0) is 11.6 Å². The topological polar surface area (TPSA) is 77.0 Å². The summed E-state index contributed by atoms with van der Waals surface area (Å²) in [6.07, 6.45) is 3.52. The van der Waals surface area contributed by atoms with Gasteiger partial charge in [0.1, 0.15) is 0 Å². The van der Waals surface area contributed by atoms with Gasteiger partial charge in [-0.15, -0.1) is 24.0 Å². The summed E-state index contributed by atoms with van der Waals surface area (Å²) in [7, 11) is 3.51. The molecule has 3 rings (SSSR count). The molecule has 1 aliphatic rings. The van der Waals surface area contributed by atoms with Crippen LogP contribution in [0.3, 0.4) is 0 Å². The summed E-state index contributed by atoms with van der Waals surface area (Å²) < 4.78 is 0. The summed E-state index contributed by atoms with van der Waals surface area (Å²) in [6.45, 7) is 3.98. The fourth-order valence-corrected chi connectivity index (χ4v) is 2.90. The van der Waals surface area contributed by atoms with Gasteiger partial charge < -0.3 is 20.0 Å². The van der Waals surface area contributed by atoms with Gasteiger partial charge in [0.05, 0.1) is 13.1 Å². The molecule has 0 spiro atoms. The van der Waals surface area contributed by atoms with Gasteiger partial charge in [0, 0.05) is 52.7 Å². The zero-order valence-electron chi connectivity index (χ0n) is 16.9. The monoisotopic (exact) mass is 509 g/mol. The van der Waals surface area contributed by atoms with Crippen molar-refractivity contribution >= 4 is 41.8 Å². The lowest BCUT2D eigenvalue weighted by Gasteiger charge is -2.36. The van der Waals surface area contributed by atoms with E-state index in [1.807, 2.05) is 24.3 Å². The van der Waals surface area contributed by atoms with Crippen molar-refractivity contribution < 1.29 is 4.79 Å². The maximum Gasteiger partial charge on any atom is 0.241 e. The summed E-state index contributed by atoms with van der Waals surface area (Å²) in [6, 6.07) is 11.9. The zero-order chi connectivity index (χ0) is 19.8. The van der Waals surface area contributed by atoms with E-state index in [-0.39, 0.29) is 36.4 Å². The Morgan fingerprint density at radius 3 is 2.34 bits per heavy atom. The number of aliphatic imine (C=N–C) groups is 1. The maximum atomic E-state index is 12.0. The van der Waals surface area contributed by atoms with Crippen LogP contribution in [0.4, 0.5) is 5.95 Å². The van der Waals surface area contributed by atoms with Gasteiger partial charge in [-0.1, -0.05) is 30.3 Å². The van der Waals surface area contributed by atoms with Crippen molar-refractivity contribution in [3.8, 4) is 0 Å². The normalized spacial score (nSPS) is 14.2. The number of piperazine rings is 1. The third kappa shape index (κ3) is 6.84. The molecule has 2 heterocycles. The molecule has 0 atom stereocenters. The van der Waals surface area contributed by atoms with Crippen molar-refractivity contribution in [2.75, 3.05) is 51.7 Å². The molecule has 1 aliphatic heterocycles. The highest BCUT2D eigenvalue weighted by Crippen LogP contribution is 2.10. The number of amides is 1. The zero-order valence-corrected chi connectivity index (χ0v) is 19.2. The largest absolute Gasteiger partial charge is 0.347 e. The van der Waals surface area contributed by atoms with E-state index < -0.39 is 0 Å². The van der Waals surface area contributed by atoms with Crippen molar-refractivity contribution in [1.82, 2.24) is 25.1 Å². The van der Waals surface area contributed by atoms with Crippen LogP contribution < -0.4 is 10.2 Å². The first kappa shape index (κ1) is 22.9. The highest BCUT2D eigenvalue weighted by atomic mass is 127. The van der Waals surface area contributed by atoms with Crippen LogP contribution in [0.1, 0.15) is 5.56 Å². The maximum absolute atomic E-state index is 12.0. The smallest absolute Gasteiger partial charge is 0.241 e. The number of nitrogens with one attached hydrogen (secondary N) is 1. The summed E-state index contributed by atoms with van der Waals surface area (Å²) in [4.78, 5) is 31.3. The molecule has 0 bridgehead atoms. The number of carbonyl (C=O) groups excluding carboxylic acids is 1. The molecule has 156 valence electrons. The molecule has 2 aromatic rings. The lowest BCUT2D eigenvalue weighted by atomic mass is 10.2. The predicted molar refractivity (Wildman–Crippen MR) is 126 cm³/mol. The molecular formula is C20H28IN7O. The molecule has 1 saturated heterocycles. The van der Waals surface area contributed by atoms with E-state index in [0.717, 1.165) is 43.7 Å². The van der Waals surface area contributed by atoms with E-state index in [9.17, 15) is 4.79 Å². The SMILES string of the molecule is CN(C)C(=O)CNC(=NCc1ccccc1)N1CCN(c2ncccn2)CC1.I. The van der Waals surface area contributed by atoms with Crippen molar-refractivity contribution in [2.45, 2.75) is 6.54 Å². The van der Waals surface area contributed by atoms with Gasteiger partial charge in [-0.25, -0.2) is 15.0 Å². The highest BCUT2D eigenvalue weighted by molar-refractivity contribution is 14.0. The molecule has 1 aromatic carbocycles. The number of rotatable bonds is 5. The molecule has 9 heteroatoms. The fraction of sp³-hybridized carbons (Fsp3) is 0.400. The van der Waals surface area contributed by atoms with Crippen molar-refractivity contribution in [1.29, 1.82) is 0 Å². The third-order valence-electron chi connectivity index (χ3n) is 4.56. The minimum Gasteiger partial charge on any atom is -0.347 e. The van der Waals surface area contributed by atoms with E-state index >= 15 is 0 Å². The van der Waals surface area contributed by atoms with Crippen LogP contribution in [0, 0.1) is 0 Å². The number of hydrogen-bond acceptors (Lipinski definition) is 5. The Morgan fingerprint density at radius 2 is 1.72 bits per heavy atom. The first-order chi connectivity index (χ1) is 13.6. The summed E-state index contributed by atoms with van der Waals surface area (Å²) in [5.74, 6) is 1.53. The number of guanidine groups is 1. The number of carbonyl (C=O) groups is 1. The van der Waals surface area contributed by atoms with E-state index in [2.05, 4.69) is 37.2 Å². The average Bonchev–Trinajstić information content (AvgIpc) is 2.75. The highest BCUT2D eigenvalue weighted by Gasteiger charge is 2.21. The molecule has 1 N–H and O–H groups in total. The summed E-state index contributed by atoms with van der Waals surface area (Å²) in [5.41, 5.74) is 1.14. The number of halogens is 1. The van der Waals surface area contributed by atoms with Crippen LogP contribution >= 0.6 is 24.0 Å². The second kappa shape index (κ2) is 11.5. The Morgan fingerprint density at radius 1 is 1.07 bits per heavy atom. The Kier molecular flexibility index (Phi) is 9.10. The number of nitrogens with zero attached hydrogens (tertiary/aromatic N) is 6. The van der Waals surface area contributed by atoms with Crippen molar-refractivity contribution in [2.24, 2.45) is 4.99 Å². The van der Waals surface area contributed by atoms with E-state index in [0.29, 0.717) is 6.54 Å². The molecule has 0 aliphatic carbocycles. The molecule has 1 amide bonds. The standard InChI is InChI=1S/C20H27N7O.HI/c1-25(2)18(28)16-24-20(23-15-17-7-4-3-5-8-17)27-13-11-26(12-14-27)19-21-9-6-10-22-19;/h3-10H,11-16H2,1-2H3,(H,23,24);1H. The molecule has 1 aromatic heterocycles. The van der Waals surface area contributed by atoms with Gasteiger partial charge in [-0.3, -0.25) is 4.79 Å². The van der Waals surface area contributed by atoms with E-state index in [1.54, 1.807) is 31.4 Å². The molecule has 0 unspecified atom stereocenters. The molecule has 29 heavy (non-hydrogen) atoms. The third-order valence-corrected chi connectivity index (χ3v) is 4.56. The Hall–Kier alpha value is -2.43. The number of hydrogen-bond donors (Lipinski definition) is 1. The van der Waals surface area contributed by atoms with Gasteiger partial charge >= 0.3 is 0 Å². The minimum absolute atomic E-state index is 0. The first-order valence-corrected chi connectivity index (χ1v) is 9.43. The van der Waals surface area contributed by atoms with E-state index in [1.165, 1.54) is 0 Å². The first-order valence-electron chi connectivity index (χ1n) is 9.43. The van der Waals surface area contributed by atoms with Crippen LogP contribution in [0.5, 0.6) is 0 Å². The van der Waals surface area contributed by atoms with Crippen LogP contribution in [0.15, 0.2) is 53.8 Å². The van der Waals surface area contributed by atoms with Crippen LogP contribution in [0.2, 0.25) is 0 Å². The molecule has 0 radical (unpaired) electrons. The minimum atomic E-state index is 0.